The number of amides is 1. The summed E-state index contributed by atoms with van der Waals surface area (Å²) >= 11 is 1.82. The number of ether oxygens (including phenoxy) is 1. The Bertz CT molecular complexity index is 1020. The Morgan fingerprint density at radius 2 is 1.93 bits per heavy atom. The van der Waals surface area contributed by atoms with Crippen LogP contribution in [0.15, 0.2) is 40.2 Å². The van der Waals surface area contributed by atoms with Crippen molar-refractivity contribution < 1.29 is 14.1 Å². The number of carbonyl (C=O) groups is 1. The van der Waals surface area contributed by atoms with Crippen LogP contribution in [-0.4, -0.2) is 37.4 Å². The third-order valence-electron chi connectivity index (χ3n) is 5.84. The Balaban J connectivity index is 1.43. The van der Waals surface area contributed by atoms with E-state index in [0.717, 1.165) is 12.0 Å². The van der Waals surface area contributed by atoms with Gasteiger partial charge in [0.25, 0.3) is 5.91 Å². The fraction of sp³-hybridized carbons (Fsp3) is 0.391. The first kappa shape index (κ1) is 19.3. The van der Waals surface area contributed by atoms with E-state index in [1.807, 2.05) is 41.7 Å². The molecule has 3 heterocycles. The monoisotopic (exact) mass is 423 g/mol. The summed E-state index contributed by atoms with van der Waals surface area (Å²) in [5.74, 6) is 0.969. The molecular weight excluding hydrogens is 398 g/mol. The van der Waals surface area contributed by atoms with Crippen molar-refractivity contribution in [3.63, 3.8) is 0 Å². The van der Waals surface area contributed by atoms with Gasteiger partial charge < -0.3 is 19.5 Å². The minimum Gasteiger partial charge on any atom is -0.378 e. The Labute approximate surface area is 179 Å². The number of hydrogen-bond acceptors (Lipinski definition) is 6. The fourth-order valence-electron chi connectivity index (χ4n) is 4.24. The minimum atomic E-state index is -0.146. The third kappa shape index (κ3) is 3.75. The molecular formula is C23H25N3O3S. The number of carbonyl (C=O) groups excluding carboxylic acids is 1. The van der Waals surface area contributed by atoms with Gasteiger partial charge in [-0.1, -0.05) is 35.5 Å². The Kier molecular flexibility index (Phi) is 5.55. The summed E-state index contributed by atoms with van der Waals surface area (Å²) in [5.41, 5.74) is 4.04. The van der Waals surface area contributed by atoms with E-state index in [0.29, 0.717) is 50.0 Å². The summed E-state index contributed by atoms with van der Waals surface area (Å²) in [6.45, 7) is 3.16. The molecule has 7 heteroatoms. The molecule has 2 aromatic heterocycles. The van der Waals surface area contributed by atoms with E-state index < -0.39 is 0 Å². The first-order valence-corrected chi connectivity index (χ1v) is 11.4. The Morgan fingerprint density at radius 3 is 2.77 bits per heavy atom. The van der Waals surface area contributed by atoms with Crippen LogP contribution in [0.25, 0.3) is 11.3 Å². The molecule has 0 radical (unpaired) electrons. The van der Waals surface area contributed by atoms with Crippen LogP contribution in [-0.2, 0) is 24.1 Å². The smallest absolute Gasteiger partial charge is 0.259 e. The van der Waals surface area contributed by atoms with Crippen molar-refractivity contribution in [3.05, 3.63) is 57.3 Å². The third-order valence-corrected chi connectivity index (χ3v) is 6.97. The molecule has 0 bridgehead atoms. The lowest BCUT2D eigenvalue weighted by Gasteiger charge is -2.27. The van der Waals surface area contributed by atoms with Crippen LogP contribution in [0, 0.1) is 0 Å². The molecule has 6 nitrogen and oxygen atoms in total. The van der Waals surface area contributed by atoms with Gasteiger partial charge >= 0.3 is 0 Å². The summed E-state index contributed by atoms with van der Waals surface area (Å²) in [5, 5.41) is 9.63. The molecule has 1 aliphatic carbocycles. The second kappa shape index (κ2) is 8.62. The van der Waals surface area contributed by atoms with E-state index in [1.54, 1.807) is 0 Å². The average molecular weight is 424 g/mol. The average Bonchev–Trinajstić information content (AvgIpc) is 3.43. The second-order valence-corrected chi connectivity index (χ2v) is 8.69. The predicted octanol–water partition coefficient (Wildman–Crippen LogP) is 4.05. The van der Waals surface area contributed by atoms with Gasteiger partial charge in [-0.3, -0.25) is 4.79 Å². The highest BCUT2D eigenvalue weighted by molar-refractivity contribution is 7.10. The van der Waals surface area contributed by atoms with Gasteiger partial charge in [-0.15, -0.1) is 11.3 Å². The van der Waals surface area contributed by atoms with Gasteiger partial charge in [-0.2, -0.15) is 0 Å². The molecule has 30 heavy (non-hydrogen) atoms. The number of aryl methyl sites for hydroxylation is 1. The number of nitrogens with one attached hydrogen (secondary N) is 1. The van der Waals surface area contributed by atoms with Gasteiger partial charge in [-0.05, 0) is 42.2 Å². The zero-order valence-corrected chi connectivity index (χ0v) is 17.7. The molecule has 0 saturated carbocycles. The molecule has 0 spiro atoms. The van der Waals surface area contributed by atoms with Crippen LogP contribution < -0.4 is 10.2 Å². The standard InChI is InChI=1S/C23H25N3O3S/c27-23(24-14-17-15-30-19-9-5-4-8-18(17)19)20-21(16-6-2-1-3-7-16)29-25-22(20)26-10-12-28-13-11-26/h1-3,6-7,15H,4-5,8-14H2,(H,24,27). The molecule has 2 aliphatic rings. The number of anilines is 1. The van der Waals surface area contributed by atoms with Gasteiger partial charge in [0.2, 0.25) is 0 Å². The number of aromatic nitrogens is 1. The van der Waals surface area contributed by atoms with Crippen LogP contribution in [0.4, 0.5) is 5.82 Å². The molecule has 1 saturated heterocycles. The Morgan fingerprint density at radius 1 is 1.13 bits per heavy atom. The molecule has 0 atom stereocenters. The maximum Gasteiger partial charge on any atom is 0.259 e. The zero-order chi connectivity index (χ0) is 20.3. The molecule has 1 fully saturated rings. The first-order valence-electron chi connectivity index (χ1n) is 10.6. The van der Waals surface area contributed by atoms with E-state index in [4.69, 9.17) is 9.26 Å². The number of fused-ring (bicyclic) bond motifs is 1. The number of nitrogens with zero attached hydrogens (tertiary/aromatic N) is 2. The lowest BCUT2D eigenvalue weighted by molar-refractivity contribution is 0.0949. The number of morpholine rings is 1. The zero-order valence-electron chi connectivity index (χ0n) is 16.9. The summed E-state index contributed by atoms with van der Waals surface area (Å²) in [7, 11) is 0. The van der Waals surface area contributed by atoms with Crippen molar-refractivity contribution >= 4 is 23.1 Å². The van der Waals surface area contributed by atoms with Crippen molar-refractivity contribution in [2.45, 2.75) is 32.2 Å². The summed E-state index contributed by atoms with van der Waals surface area (Å²) in [6.07, 6.45) is 4.78. The second-order valence-electron chi connectivity index (χ2n) is 7.73. The van der Waals surface area contributed by atoms with Crippen LogP contribution in [0.5, 0.6) is 0 Å². The SMILES string of the molecule is O=C(NCc1csc2c1CCCC2)c1c(N2CCOCC2)noc1-c1ccccc1. The highest BCUT2D eigenvalue weighted by Crippen LogP contribution is 2.33. The van der Waals surface area contributed by atoms with Crippen LogP contribution in [0.1, 0.15) is 39.2 Å². The first-order chi connectivity index (χ1) is 14.8. The normalized spacial score (nSPS) is 16.3. The molecule has 0 unspecified atom stereocenters. The van der Waals surface area contributed by atoms with Crippen LogP contribution in [0.2, 0.25) is 0 Å². The lowest BCUT2D eigenvalue weighted by atomic mass is 9.96. The molecule has 1 amide bonds. The maximum absolute atomic E-state index is 13.4. The summed E-state index contributed by atoms with van der Waals surface area (Å²) in [6, 6.07) is 9.70. The van der Waals surface area contributed by atoms with Gasteiger partial charge in [0.05, 0.1) is 13.2 Å². The van der Waals surface area contributed by atoms with Gasteiger partial charge in [-0.25, -0.2) is 0 Å². The lowest BCUT2D eigenvalue weighted by Crippen LogP contribution is -2.38. The molecule has 1 aliphatic heterocycles. The molecule has 5 rings (SSSR count). The van der Waals surface area contributed by atoms with E-state index in [1.165, 1.54) is 35.3 Å². The van der Waals surface area contributed by atoms with Crippen LogP contribution in [0.3, 0.4) is 0 Å². The van der Waals surface area contributed by atoms with E-state index in [2.05, 4.69) is 20.8 Å². The summed E-state index contributed by atoms with van der Waals surface area (Å²) < 4.78 is 11.2. The van der Waals surface area contributed by atoms with Crippen molar-refractivity contribution in [3.8, 4) is 11.3 Å². The molecule has 1 N–H and O–H groups in total. The van der Waals surface area contributed by atoms with E-state index in [-0.39, 0.29) is 5.91 Å². The number of thiophene rings is 1. The van der Waals surface area contributed by atoms with Crippen molar-refractivity contribution in [1.29, 1.82) is 0 Å². The minimum absolute atomic E-state index is 0.146. The fourth-order valence-corrected chi connectivity index (χ4v) is 5.38. The van der Waals surface area contributed by atoms with Gasteiger partial charge in [0, 0.05) is 30.1 Å². The highest BCUT2D eigenvalue weighted by atomic mass is 32.1. The number of rotatable bonds is 5. The predicted molar refractivity (Wildman–Crippen MR) is 117 cm³/mol. The van der Waals surface area contributed by atoms with Crippen molar-refractivity contribution in [1.82, 2.24) is 10.5 Å². The van der Waals surface area contributed by atoms with Crippen molar-refractivity contribution in [2.24, 2.45) is 0 Å². The summed E-state index contributed by atoms with van der Waals surface area (Å²) in [4.78, 5) is 16.9. The molecule has 156 valence electrons. The highest BCUT2D eigenvalue weighted by Gasteiger charge is 2.29. The quantitative estimate of drug-likeness (QED) is 0.671. The van der Waals surface area contributed by atoms with Crippen molar-refractivity contribution in [2.75, 3.05) is 31.2 Å². The van der Waals surface area contributed by atoms with Crippen LogP contribution >= 0.6 is 11.3 Å². The maximum atomic E-state index is 13.4. The largest absolute Gasteiger partial charge is 0.378 e. The van der Waals surface area contributed by atoms with E-state index >= 15 is 0 Å². The Hall–Kier alpha value is -2.64. The van der Waals surface area contributed by atoms with E-state index in [9.17, 15) is 4.79 Å². The molecule has 3 aromatic rings. The number of benzene rings is 1. The topological polar surface area (TPSA) is 67.6 Å². The number of hydrogen-bond donors (Lipinski definition) is 1. The van der Waals surface area contributed by atoms with Gasteiger partial charge in [0.1, 0.15) is 5.56 Å². The molecule has 1 aromatic carbocycles. The van der Waals surface area contributed by atoms with Gasteiger partial charge in [0.15, 0.2) is 11.6 Å².